The molecule has 0 aliphatic rings. The summed E-state index contributed by atoms with van der Waals surface area (Å²) in [5.41, 5.74) is 0.894. The third kappa shape index (κ3) is 5.00. The van der Waals surface area contributed by atoms with Crippen LogP contribution in [0.15, 0.2) is 41.8 Å². The fraction of sp³-hybridized carbons (Fsp3) is 0.357. The van der Waals surface area contributed by atoms with Crippen molar-refractivity contribution in [2.45, 2.75) is 30.6 Å². The molecule has 0 amide bonds. The molecule has 0 saturated carbocycles. The molecule has 0 fully saturated rings. The van der Waals surface area contributed by atoms with Gasteiger partial charge >= 0.3 is 6.18 Å². The lowest BCUT2D eigenvalue weighted by Gasteiger charge is -2.10. The molecule has 0 radical (unpaired) electrons. The van der Waals surface area contributed by atoms with Crippen molar-refractivity contribution in [1.29, 1.82) is 0 Å². The largest absolute Gasteiger partial charge is 0.484 e. The van der Waals surface area contributed by atoms with Gasteiger partial charge in [-0.15, -0.1) is 0 Å². The molecule has 2 rings (SSSR count). The first-order valence-electron chi connectivity index (χ1n) is 6.40. The Kier molecular flexibility index (Phi) is 5.17. The number of alkyl halides is 3. The molecule has 1 aromatic carbocycles. The minimum Gasteiger partial charge on any atom is -0.484 e. The van der Waals surface area contributed by atoms with Crippen LogP contribution in [0.3, 0.4) is 0 Å². The van der Waals surface area contributed by atoms with Crippen LogP contribution in [0.4, 0.5) is 13.2 Å². The minimum absolute atomic E-state index is 0.226. The molecule has 0 bridgehead atoms. The summed E-state index contributed by atoms with van der Waals surface area (Å²) in [5.74, 6) is 0.851. The van der Waals surface area contributed by atoms with E-state index >= 15 is 0 Å². The number of aryl methyl sites for hydroxylation is 1. The lowest BCUT2D eigenvalue weighted by atomic mass is 10.2. The van der Waals surface area contributed by atoms with Crippen molar-refractivity contribution in [2.75, 3.05) is 6.61 Å². The number of nitrogens with zero attached hydrogens (tertiary/aromatic N) is 2. The Balaban J connectivity index is 1.95. The zero-order chi connectivity index (χ0) is 15.3. The molecule has 114 valence electrons. The first kappa shape index (κ1) is 15.8. The second-order valence-corrected chi connectivity index (χ2v) is 5.28. The summed E-state index contributed by atoms with van der Waals surface area (Å²) in [6, 6.07) is 6.69. The number of aromatic nitrogens is 2. The molecule has 1 heterocycles. The van der Waals surface area contributed by atoms with Crippen LogP contribution in [-0.4, -0.2) is 22.3 Å². The Morgan fingerprint density at radius 2 is 2.14 bits per heavy atom. The van der Waals surface area contributed by atoms with E-state index in [-0.39, 0.29) is 5.75 Å². The Morgan fingerprint density at radius 3 is 2.86 bits per heavy atom. The number of benzene rings is 1. The van der Waals surface area contributed by atoms with Gasteiger partial charge in [-0.2, -0.15) is 13.2 Å². The average molecular weight is 316 g/mol. The topological polar surface area (TPSA) is 27.1 Å². The molecule has 0 unspecified atom stereocenters. The Hall–Kier alpha value is -1.63. The molecule has 0 atom stereocenters. The molecule has 2 aromatic rings. The summed E-state index contributed by atoms with van der Waals surface area (Å²) in [5, 5.41) is 0.888. The number of hydrogen-bond acceptors (Lipinski definition) is 3. The summed E-state index contributed by atoms with van der Waals surface area (Å²) in [6.45, 7) is 1.58. The van der Waals surface area contributed by atoms with Crippen LogP contribution in [0.1, 0.15) is 12.5 Å². The number of imidazole rings is 1. The molecule has 0 spiro atoms. The SMILES string of the molecule is CCn1ccnc1SCc1cccc(OCC(F)(F)F)c1. The number of halogens is 3. The van der Waals surface area contributed by atoms with Gasteiger partial charge in [0, 0.05) is 24.7 Å². The molecular weight excluding hydrogens is 301 g/mol. The summed E-state index contributed by atoms with van der Waals surface area (Å²) in [4.78, 5) is 4.24. The second kappa shape index (κ2) is 6.89. The van der Waals surface area contributed by atoms with Crippen molar-refractivity contribution in [3.63, 3.8) is 0 Å². The van der Waals surface area contributed by atoms with Crippen LogP contribution in [0.25, 0.3) is 0 Å². The third-order valence-electron chi connectivity index (χ3n) is 2.69. The third-order valence-corrected chi connectivity index (χ3v) is 3.76. The van der Waals surface area contributed by atoms with E-state index in [1.54, 1.807) is 18.3 Å². The van der Waals surface area contributed by atoms with Gasteiger partial charge in [0.15, 0.2) is 11.8 Å². The van der Waals surface area contributed by atoms with Gasteiger partial charge in [0.2, 0.25) is 0 Å². The molecule has 3 nitrogen and oxygen atoms in total. The maximum Gasteiger partial charge on any atom is 0.422 e. The fourth-order valence-electron chi connectivity index (χ4n) is 1.71. The molecule has 1 aromatic heterocycles. The molecule has 0 aliphatic carbocycles. The van der Waals surface area contributed by atoms with Crippen molar-refractivity contribution in [2.24, 2.45) is 0 Å². The van der Waals surface area contributed by atoms with E-state index in [1.807, 2.05) is 23.8 Å². The lowest BCUT2D eigenvalue weighted by Crippen LogP contribution is -2.19. The summed E-state index contributed by atoms with van der Waals surface area (Å²) < 4.78 is 43.1. The highest BCUT2D eigenvalue weighted by atomic mass is 32.2. The molecular formula is C14H15F3N2OS. The average Bonchev–Trinajstić information content (AvgIpc) is 2.90. The number of rotatable bonds is 6. The molecule has 0 saturated heterocycles. The highest BCUT2D eigenvalue weighted by molar-refractivity contribution is 7.98. The first-order valence-corrected chi connectivity index (χ1v) is 7.39. The monoisotopic (exact) mass is 316 g/mol. The van der Waals surface area contributed by atoms with E-state index in [9.17, 15) is 13.2 Å². The molecule has 0 aliphatic heterocycles. The quantitative estimate of drug-likeness (QED) is 0.750. The Bertz CT molecular complexity index is 584. The normalized spacial score (nSPS) is 11.6. The summed E-state index contributed by atoms with van der Waals surface area (Å²) in [7, 11) is 0. The van der Waals surface area contributed by atoms with Crippen molar-refractivity contribution in [3.05, 3.63) is 42.2 Å². The van der Waals surface area contributed by atoms with Crippen LogP contribution >= 0.6 is 11.8 Å². The predicted octanol–water partition coefficient (Wildman–Crippen LogP) is 4.14. The summed E-state index contributed by atoms with van der Waals surface area (Å²) >= 11 is 1.54. The van der Waals surface area contributed by atoms with Crippen molar-refractivity contribution in [3.8, 4) is 5.75 Å². The lowest BCUT2D eigenvalue weighted by molar-refractivity contribution is -0.153. The highest BCUT2D eigenvalue weighted by Gasteiger charge is 2.28. The van der Waals surface area contributed by atoms with E-state index in [1.165, 1.54) is 17.8 Å². The van der Waals surface area contributed by atoms with Gasteiger partial charge in [0.25, 0.3) is 0 Å². The van der Waals surface area contributed by atoms with Gasteiger partial charge in [0.1, 0.15) is 5.75 Å². The van der Waals surface area contributed by atoms with Crippen LogP contribution in [0.5, 0.6) is 5.75 Å². The Morgan fingerprint density at radius 1 is 1.33 bits per heavy atom. The highest BCUT2D eigenvalue weighted by Crippen LogP contribution is 2.24. The van der Waals surface area contributed by atoms with E-state index < -0.39 is 12.8 Å². The molecule has 0 N–H and O–H groups in total. The first-order chi connectivity index (χ1) is 9.98. The van der Waals surface area contributed by atoms with Gasteiger partial charge in [-0.25, -0.2) is 4.98 Å². The van der Waals surface area contributed by atoms with Gasteiger partial charge in [-0.05, 0) is 24.6 Å². The zero-order valence-corrected chi connectivity index (χ0v) is 12.2. The maximum atomic E-state index is 12.1. The predicted molar refractivity (Wildman–Crippen MR) is 75.5 cm³/mol. The minimum atomic E-state index is -4.32. The van der Waals surface area contributed by atoms with Crippen molar-refractivity contribution >= 4 is 11.8 Å². The van der Waals surface area contributed by atoms with Gasteiger partial charge in [-0.3, -0.25) is 0 Å². The van der Waals surface area contributed by atoms with Crippen LogP contribution in [0, 0.1) is 0 Å². The van der Waals surface area contributed by atoms with Crippen molar-refractivity contribution < 1.29 is 17.9 Å². The smallest absolute Gasteiger partial charge is 0.422 e. The standard InChI is InChI=1S/C14H15F3N2OS/c1-2-19-7-6-18-13(19)21-9-11-4-3-5-12(8-11)20-10-14(15,16)17/h3-8H,2,9-10H2,1H3. The van der Waals surface area contributed by atoms with Gasteiger partial charge in [0.05, 0.1) is 0 Å². The molecule has 7 heteroatoms. The van der Waals surface area contributed by atoms with E-state index in [2.05, 4.69) is 4.98 Å². The van der Waals surface area contributed by atoms with Crippen LogP contribution in [-0.2, 0) is 12.3 Å². The van der Waals surface area contributed by atoms with E-state index in [0.29, 0.717) is 5.75 Å². The van der Waals surface area contributed by atoms with E-state index in [4.69, 9.17) is 4.74 Å². The van der Waals surface area contributed by atoms with E-state index in [0.717, 1.165) is 17.3 Å². The van der Waals surface area contributed by atoms with Crippen molar-refractivity contribution in [1.82, 2.24) is 9.55 Å². The number of ether oxygens (including phenoxy) is 1. The maximum absolute atomic E-state index is 12.1. The molecule has 21 heavy (non-hydrogen) atoms. The number of thioether (sulfide) groups is 1. The van der Waals surface area contributed by atoms with Gasteiger partial charge in [-0.1, -0.05) is 23.9 Å². The number of hydrogen-bond donors (Lipinski definition) is 0. The summed E-state index contributed by atoms with van der Waals surface area (Å²) in [6.07, 6.45) is -0.698. The van der Waals surface area contributed by atoms with Crippen LogP contribution < -0.4 is 4.74 Å². The fourth-order valence-corrected chi connectivity index (χ4v) is 2.68. The zero-order valence-electron chi connectivity index (χ0n) is 11.4. The van der Waals surface area contributed by atoms with Gasteiger partial charge < -0.3 is 9.30 Å². The van der Waals surface area contributed by atoms with Crippen LogP contribution in [0.2, 0.25) is 0 Å². The second-order valence-electron chi connectivity index (χ2n) is 4.34. The Labute approximate surface area is 125 Å².